The van der Waals surface area contributed by atoms with Gasteiger partial charge in [-0.05, 0) is 48.7 Å². The smallest absolute Gasteiger partial charge is 0.126 e. The average molecular weight is 278 g/mol. The first-order valence-corrected chi connectivity index (χ1v) is 6.74. The molecule has 0 aliphatic heterocycles. The van der Waals surface area contributed by atoms with Crippen LogP contribution in [0.25, 0.3) is 0 Å². The fraction of sp³-hybridized carbons (Fsp3) is 0.250. The van der Waals surface area contributed by atoms with Gasteiger partial charge in [-0.3, -0.25) is 0 Å². The van der Waals surface area contributed by atoms with Crippen molar-refractivity contribution in [3.05, 3.63) is 70.0 Å². The number of hydrogen-bond acceptors (Lipinski definition) is 1. The summed E-state index contributed by atoms with van der Waals surface area (Å²) in [6.45, 7) is 3.44. The normalized spacial score (nSPS) is 10.7. The molecule has 0 spiro atoms. The topological polar surface area (TPSA) is 12.0 Å². The third kappa shape index (κ3) is 4.05. The van der Waals surface area contributed by atoms with Crippen LogP contribution in [0.2, 0.25) is 5.02 Å². The number of benzene rings is 2. The predicted octanol–water partition coefficient (Wildman–Crippen LogP) is 4.12. The standard InChI is InChI=1S/C16H17ClFN/c1-12-6-7-14(15(17)10-12)11-19-9-8-13-4-2-3-5-16(13)18/h2-7,10,19H,8-9,11H2,1H3. The third-order valence-corrected chi connectivity index (χ3v) is 3.40. The Hall–Kier alpha value is -1.38. The molecule has 0 aliphatic carbocycles. The molecule has 0 amide bonds. The second-order valence-corrected chi connectivity index (χ2v) is 5.02. The number of hydrogen-bond donors (Lipinski definition) is 1. The first-order chi connectivity index (χ1) is 9.16. The molecule has 0 radical (unpaired) electrons. The van der Waals surface area contributed by atoms with Crippen molar-refractivity contribution in [3.63, 3.8) is 0 Å². The summed E-state index contributed by atoms with van der Waals surface area (Å²) in [6, 6.07) is 12.9. The summed E-state index contributed by atoms with van der Waals surface area (Å²) in [6.07, 6.45) is 0.677. The van der Waals surface area contributed by atoms with E-state index < -0.39 is 0 Å². The summed E-state index contributed by atoms with van der Waals surface area (Å²) in [5.74, 6) is -0.141. The Bertz CT molecular complexity index is 554. The molecular weight excluding hydrogens is 261 g/mol. The van der Waals surface area contributed by atoms with Gasteiger partial charge < -0.3 is 5.32 Å². The average Bonchev–Trinajstić information content (AvgIpc) is 2.38. The molecule has 0 heterocycles. The molecule has 0 aliphatic rings. The van der Waals surface area contributed by atoms with Gasteiger partial charge in [0.05, 0.1) is 0 Å². The van der Waals surface area contributed by atoms with Gasteiger partial charge in [-0.1, -0.05) is 41.9 Å². The lowest BCUT2D eigenvalue weighted by Gasteiger charge is -2.08. The highest BCUT2D eigenvalue weighted by Gasteiger charge is 2.02. The number of rotatable bonds is 5. The molecule has 1 N–H and O–H groups in total. The van der Waals surface area contributed by atoms with E-state index in [2.05, 4.69) is 5.32 Å². The SMILES string of the molecule is Cc1ccc(CNCCc2ccccc2F)c(Cl)c1. The molecule has 3 heteroatoms. The number of halogens is 2. The van der Waals surface area contributed by atoms with E-state index in [1.807, 2.05) is 37.3 Å². The van der Waals surface area contributed by atoms with Gasteiger partial charge in [0, 0.05) is 11.6 Å². The minimum absolute atomic E-state index is 0.141. The second kappa shape index (κ2) is 6.69. The van der Waals surface area contributed by atoms with Crippen molar-refractivity contribution in [2.24, 2.45) is 0 Å². The van der Waals surface area contributed by atoms with Crippen molar-refractivity contribution in [2.75, 3.05) is 6.54 Å². The van der Waals surface area contributed by atoms with Crippen molar-refractivity contribution in [2.45, 2.75) is 19.9 Å². The van der Waals surface area contributed by atoms with Crippen LogP contribution in [0.1, 0.15) is 16.7 Å². The molecule has 2 aromatic carbocycles. The monoisotopic (exact) mass is 277 g/mol. The number of aryl methyl sites for hydroxylation is 1. The lowest BCUT2D eigenvalue weighted by Crippen LogP contribution is -2.17. The van der Waals surface area contributed by atoms with Gasteiger partial charge in [0.25, 0.3) is 0 Å². The molecule has 0 saturated heterocycles. The Morgan fingerprint density at radius 1 is 1.11 bits per heavy atom. The summed E-state index contributed by atoms with van der Waals surface area (Å²) in [5.41, 5.74) is 2.96. The summed E-state index contributed by atoms with van der Waals surface area (Å²) >= 11 is 6.15. The van der Waals surface area contributed by atoms with Gasteiger partial charge in [0.15, 0.2) is 0 Å². The molecule has 1 nitrogen and oxygen atoms in total. The lowest BCUT2D eigenvalue weighted by atomic mass is 10.1. The fourth-order valence-corrected chi connectivity index (χ4v) is 2.24. The molecule has 100 valence electrons. The van der Waals surface area contributed by atoms with E-state index in [1.54, 1.807) is 6.07 Å². The highest BCUT2D eigenvalue weighted by atomic mass is 35.5. The van der Waals surface area contributed by atoms with Gasteiger partial charge >= 0.3 is 0 Å². The van der Waals surface area contributed by atoms with Gasteiger partial charge in [-0.25, -0.2) is 4.39 Å². The summed E-state index contributed by atoms with van der Waals surface area (Å²) < 4.78 is 13.4. The van der Waals surface area contributed by atoms with Crippen molar-refractivity contribution in [1.82, 2.24) is 5.32 Å². The molecule has 0 bridgehead atoms. The van der Waals surface area contributed by atoms with Crippen LogP contribution in [0.3, 0.4) is 0 Å². The Balaban J connectivity index is 1.83. The van der Waals surface area contributed by atoms with Crippen molar-refractivity contribution in [1.29, 1.82) is 0 Å². The van der Waals surface area contributed by atoms with Gasteiger partial charge in [0.1, 0.15) is 5.82 Å². The van der Waals surface area contributed by atoms with E-state index in [1.165, 1.54) is 6.07 Å². The highest BCUT2D eigenvalue weighted by Crippen LogP contribution is 2.17. The molecule has 2 rings (SSSR count). The zero-order valence-electron chi connectivity index (χ0n) is 10.9. The predicted molar refractivity (Wildman–Crippen MR) is 78.0 cm³/mol. The van der Waals surface area contributed by atoms with Crippen molar-refractivity contribution >= 4 is 11.6 Å². The van der Waals surface area contributed by atoms with Gasteiger partial charge in [-0.15, -0.1) is 0 Å². The fourth-order valence-electron chi connectivity index (χ4n) is 1.94. The molecule has 0 fully saturated rings. The Kier molecular flexibility index (Phi) is 4.94. The largest absolute Gasteiger partial charge is 0.312 e. The molecule has 0 unspecified atom stereocenters. The molecule has 19 heavy (non-hydrogen) atoms. The minimum Gasteiger partial charge on any atom is -0.312 e. The first kappa shape index (κ1) is 14.0. The van der Waals surface area contributed by atoms with Crippen molar-refractivity contribution < 1.29 is 4.39 Å². The zero-order valence-corrected chi connectivity index (χ0v) is 11.7. The van der Waals surface area contributed by atoms with Crippen LogP contribution in [0.4, 0.5) is 4.39 Å². The van der Waals surface area contributed by atoms with Crippen LogP contribution in [0.5, 0.6) is 0 Å². The molecule has 2 aromatic rings. The molecule has 0 aromatic heterocycles. The Morgan fingerprint density at radius 2 is 1.89 bits per heavy atom. The summed E-state index contributed by atoms with van der Waals surface area (Å²) in [4.78, 5) is 0. The maximum atomic E-state index is 13.4. The maximum absolute atomic E-state index is 13.4. The van der Waals surface area contributed by atoms with Crippen LogP contribution in [0, 0.1) is 12.7 Å². The highest BCUT2D eigenvalue weighted by molar-refractivity contribution is 6.31. The van der Waals surface area contributed by atoms with E-state index >= 15 is 0 Å². The first-order valence-electron chi connectivity index (χ1n) is 6.36. The maximum Gasteiger partial charge on any atom is 0.126 e. The van der Waals surface area contributed by atoms with E-state index in [0.29, 0.717) is 13.0 Å². The van der Waals surface area contributed by atoms with E-state index in [-0.39, 0.29) is 5.82 Å². The van der Waals surface area contributed by atoms with Crippen LogP contribution in [0.15, 0.2) is 42.5 Å². The van der Waals surface area contributed by atoms with E-state index in [4.69, 9.17) is 11.6 Å². The second-order valence-electron chi connectivity index (χ2n) is 4.61. The quantitative estimate of drug-likeness (QED) is 0.811. The number of nitrogens with one attached hydrogen (secondary N) is 1. The Labute approximate surface area is 118 Å². The van der Waals surface area contributed by atoms with E-state index in [0.717, 1.165) is 28.3 Å². The van der Waals surface area contributed by atoms with Crippen LogP contribution < -0.4 is 5.32 Å². The third-order valence-electron chi connectivity index (χ3n) is 3.05. The Morgan fingerprint density at radius 3 is 2.63 bits per heavy atom. The summed E-state index contributed by atoms with van der Waals surface area (Å²) in [7, 11) is 0. The zero-order chi connectivity index (χ0) is 13.7. The van der Waals surface area contributed by atoms with Crippen LogP contribution >= 0.6 is 11.6 Å². The molecular formula is C16H17ClFN. The van der Waals surface area contributed by atoms with Crippen LogP contribution in [-0.4, -0.2) is 6.54 Å². The lowest BCUT2D eigenvalue weighted by molar-refractivity contribution is 0.598. The van der Waals surface area contributed by atoms with Crippen molar-refractivity contribution in [3.8, 4) is 0 Å². The van der Waals surface area contributed by atoms with Gasteiger partial charge in [0.2, 0.25) is 0 Å². The van der Waals surface area contributed by atoms with Crippen LogP contribution in [-0.2, 0) is 13.0 Å². The summed E-state index contributed by atoms with van der Waals surface area (Å²) in [5, 5.41) is 4.06. The van der Waals surface area contributed by atoms with E-state index in [9.17, 15) is 4.39 Å². The molecule has 0 atom stereocenters. The minimum atomic E-state index is -0.141. The molecule has 0 saturated carbocycles. The van der Waals surface area contributed by atoms with Gasteiger partial charge in [-0.2, -0.15) is 0 Å².